The van der Waals surface area contributed by atoms with Gasteiger partial charge in [0.05, 0.1) is 22.4 Å². The van der Waals surface area contributed by atoms with Crippen LogP contribution in [0.1, 0.15) is 29.3 Å². The van der Waals surface area contributed by atoms with Crippen LogP contribution in [0.25, 0.3) is 10.2 Å². The molecular weight excluding hydrogens is 382 g/mol. The Labute approximate surface area is 166 Å². The molecule has 0 radical (unpaired) electrons. The number of aromatic nitrogens is 2. The summed E-state index contributed by atoms with van der Waals surface area (Å²) in [5, 5.41) is 3.93. The van der Waals surface area contributed by atoms with E-state index in [-0.39, 0.29) is 18.0 Å². The SMILES string of the molecule is Cc1ccc(NC(=O)Cn2cnc3sc4c(c3c2=O)CCC(C)C4)c(Cl)c1. The Kier molecular flexibility index (Phi) is 4.78. The first-order valence-electron chi connectivity index (χ1n) is 8.98. The molecule has 1 amide bonds. The third kappa shape index (κ3) is 3.51. The monoisotopic (exact) mass is 401 g/mol. The molecule has 0 saturated carbocycles. The summed E-state index contributed by atoms with van der Waals surface area (Å²) in [5.41, 5.74) is 2.54. The van der Waals surface area contributed by atoms with Crippen LogP contribution in [0, 0.1) is 12.8 Å². The van der Waals surface area contributed by atoms with Crippen LogP contribution in [0.2, 0.25) is 5.02 Å². The van der Waals surface area contributed by atoms with Crippen molar-refractivity contribution in [2.75, 3.05) is 5.32 Å². The van der Waals surface area contributed by atoms with Crippen molar-refractivity contribution < 1.29 is 4.79 Å². The van der Waals surface area contributed by atoms with Crippen LogP contribution < -0.4 is 10.9 Å². The van der Waals surface area contributed by atoms with Crippen LogP contribution >= 0.6 is 22.9 Å². The van der Waals surface area contributed by atoms with Gasteiger partial charge in [0.25, 0.3) is 5.56 Å². The van der Waals surface area contributed by atoms with E-state index in [1.54, 1.807) is 23.5 Å². The van der Waals surface area contributed by atoms with Crippen LogP contribution in [0.5, 0.6) is 0 Å². The number of nitrogens with zero attached hydrogens (tertiary/aromatic N) is 2. The first kappa shape index (κ1) is 18.2. The minimum Gasteiger partial charge on any atom is -0.323 e. The van der Waals surface area contributed by atoms with E-state index in [0.717, 1.165) is 35.2 Å². The molecule has 1 aliphatic carbocycles. The lowest BCUT2D eigenvalue weighted by molar-refractivity contribution is -0.116. The highest BCUT2D eigenvalue weighted by Crippen LogP contribution is 2.35. The Hall–Kier alpha value is -2.18. The van der Waals surface area contributed by atoms with E-state index in [9.17, 15) is 9.59 Å². The van der Waals surface area contributed by atoms with E-state index in [2.05, 4.69) is 17.2 Å². The summed E-state index contributed by atoms with van der Waals surface area (Å²) in [7, 11) is 0. The fourth-order valence-electron chi connectivity index (χ4n) is 3.54. The van der Waals surface area contributed by atoms with Gasteiger partial charge < -0.3 is 5.32 Å². The number of fused-ring (bicyclic) bond motifs is 3. The molecule has 5 nitrogen and oxygen atoms in total. The van der Waals surface area contributed by atoms with Gasteiger partial charge in [0.2, 0.25) is 5.91 Å². The zero-order valence-corrected chi connectivity index (χ0v) is 16.8. The van der Waals surface area contributed by atoms with Crippen LogP contribution in [0.4, 0.5) is 5.69 Å². The topological polar surface area (TPSA) is 64.0 Å². The zero-order valence-electron chi connectivity index (χ0n) is 15.2. The molecule has 1 aliphatic rings. The highest BCUT2D eigenvalue weighted by Gasteiger charge is 2.23. The summed E-state index contributed by atoms with van der Waals surface area (Å²) in [6.45, 7) is 4.08. The van der Waals surface area contributed by atoms with Crippen molar-refractivity contribution in [3.8, 4) is 0 Å². The number of aryl methyl sites for hydroxylation is 2. The van der Waals surface area contributed by atoms with Crippen molar-refractivity contribution in [1.29, 1.82) is 0 Å². The number of carbonyl (C=O) groups excluding carboxylic acids is 1. The molecule has 0 saturated heterocycles. The normalized spacial score (nSPS) is 16.3. The van der Waals surface area contributed by atoms with Gasteiger partial charge in [0, 0.05) is 4.88 Å². The molecule has 0 bridgehead atoms. The van der Waals surface area contributed by atoms with E-state index in [4.69, 9.17) is 11.6 Å². The number of hydrogen-bond acceptors (Lipinski definition) is 4. The maximum absolute atomic E-state index is 13.0. The zero-order chi connectivity index (χ0) is 19.1. The lowest BCUT2D eigenvalue weighted by Gasteiger charge is -2.17. The van der Waals surface area contributed by atoms with Crippen LogP contribution in [0.15, 0.2) is 29.3 Å². The summed E-state index contributed by atoms with van der Waals surface area (Å²) in [6.07, 6.45) is 4.46. The van der Waals surface area contributed by atoms with Gasteiger partial charge in [-0.25, -0.2) is 4.98 Å². The molecule has 3 aromatic rings. The Morgan fingerprint density at radius 3 is 3.04 bits per heavy atom. The van der Waals surface area contributed by atoms with Gasteiger partial charge in [0.1, 0.15) is 11.4 Å². The number of benzene rings is 1. The molecule has 0 fully saturated rings. The van der Waals surface area contributed by atoms with E-state index in [0.29, 0.717) is 22.0 Å². The van der Waals surface area contributed by atoms with Crippen LogP contribution in [-0.4, -0.2) is 15.5 Å². The molecule has 2 heterocycles. The molecule has 1 atom stereocenters. The van der Waals surface area contributed by atoms with Gasteiger partial charge in [-0.3, -0.25) is 14.2 Å². The van der Waals surface area contributed by atoms with Crippen molar-refractivity contribution in [3.05, 3.63) is 55.9 Å². The minimum absolute atomic E-state index is 0.0903. The second kappa shape index (κ2) is 7.09. The Morgan fingerprint density at radius 1 is 1.44 bits per heavy atom. The maximum Gasteiger partial charge on any atom is 0.262 e. The number of halogens is 1. The number of rotatable bonds is 3. The van der Waals surface area contributed by atoms with Crippen molar-refractivity contribution in [2.24, 2.45) is 5.92 Å². The van der Waals surface area contributed by atoms with Gasteiger partial charge >= 0.3 is 0 Å². The summed E-state index contributed by atoms with van der Waals surface area (Å²) < 4.78 is 1.38. The molecule has 1 unspecified atom stereocenters. The molecule has 1 N–H and O–H groups in total. The number of thiophene rings is 1. The first-order valence-corrected chi connectivity index (χ1v) is 10.2. The number of amides is 1. The van der Waals surface area contributed by atoms with Gasteiger partial charge in [-0.2, -0.15) is 0 Å². The molecule has 0 spiro atoms. The highest BCUT2D eigenvalue weighted by molar-refractivity contribution is 7.18. The fourth-order valence-corrected chi connectivity index (χ4v) is 5.17. The van der Waals surface area contributed by atoms with Gasteiger partial charge in [0.15, 0.2) is 0 Å². The molecule has 7 heteroatoms. The molecule has 140 valence electrons. The van der Waals surface area contributed by atoms with Crippen molar-refractivity contribution in [3.63, 3.8) is 0 Å². The Balaban J connectivity index is 1.61. The number of carbonyl (C=O) groups is 1. The summed E-state index contributed by atoms with van der Waals surface area (Å²) in [6, 6.07) is 5.42. The average Bonchev–Trinajstić information content (AvgIpc) is 2.98. The van der Waals surface area contributed by atoms with E-state index >= 15 is 0 Å². The number of hydrogen-bond donors (Lipinski definition) is 1. The van der Waals surface area contributed by atoms with E-state index in [1.807, 2.05) is 13.0 Å². The largest absolute Gasteiger partial charge is 0.323 e. The maximum atomic E-state index is 13.0. The van der Waals surface area contributed by atoms with Crippen molar-refractivity contribution in [2.45, 2.75) is 39.7 Å². The summed E-state index contributed by atoms with van der Waals surface area (Å²) >= 11 is 7.78. The van der Waals surface area contributed by atoms with Gasteiger partial charge in [-0.15, -0.1) is 11.3 Å². The average molecular weight is 402 g/mol. The van der Waals surface area contributed by atoms with Crippen molar-refractivity contribution >= 4 is 44.7 Å². The van der Waals surface area contributed by atoms with Gasteiger partial charge in [-0.05, 0) is 55.4 Å². The minimum atomic E-state index is -0.304. The second-order valence-electron chi connectivity index (χ2n) is 7.24. The Bertz CT molecular complexity index is 1100. The summed E-state index contributed by atoms with van der Waals surface area (Å²) in [5.74, 6) is 0.333. The third-order valence-electron chi connectivity index (χ3n) is 4.99. The summed E-state index contributed by atoms with van der Waals surface area (Å²) in [4.78, 5) is 31.9. The highest BCUT2D eigenvalue weighted by atomic mass is 35.5. The standard InChI is InChI=1S/C20H20ClN3O2S/c1-11-4-6-15(14(21)7-11)23-17(25)9-24-10-22-19-18(20(24)26)13-5-3-12(2)8-16(13)27-19/h4,6-7,10,12H,3,5,8-9H2,1-2H3,(H,23,25). The molecule has 27 heavy (non-hydrogen) atoms. The predicted molar refractivity (Wildman–Crippen MR) is 110 cm³/mol. The van der Waals surface area contributed by atoms with Crippen LogP contribution in [-0.2, 0) is 24.2 Å². The van der Waals surface area contributed by atoms with Crippen molar-refractivity contribution in [1.82, 2.24) is 9.55 Å². The fraction of sp³-hybridized carbons (Fsp3) is 0.350. The third-order valence-corrected chi connectivity index (χ3v) is 6.47. The molecule has 2 aromatic heterocycles. The Morgan fingerprint density at radius 2 is 2.26 bits per heavy atom. The van der Waals surface area contributed by atoms with Crippen LogP contribution in [0.3, 0.4) is 0 Å². The number of anilines is 1. The van der Waals surface area contributed by atoms with E-state index in [1.165, 1.54) is 15.8 Å². The lowest BCUT2D eigenvalue weighted by Crippen LogP contribution is -2.28. The molecule has 1 aromatic carbocycles. The lowest BCUT2D eigenvalue weighted by atomic mass is 9.89. The van der Waals surface area contributed by atoms with E-state index < -0.39 is 0 Å². The molecule has 0 aliphatic heterocycles. The van der Waals surface area contributed by atoms with Gasteiger partial charge in [-0.1, -0.05) is 24.6 Å². The molecular formula is C20H20ClN3O2S. The smallest absolute Gasteiger partial charge is 0.262 e. The molecule has 4 rings (SSSR count). The second-order valence-corrected chi connectivity index (χ2v) is 8.73. The first-order chi connectivity index (χ1) is 12.9. The predicted octanol–water partition coefficient (Wildman–Crippen LogP) is 4.18. The number of nitrogens with one attached hydrogen (secondary N) is 1. The quantitative estimate of drug-likeness (QED) is 0.715.